The number of hydrogen-bond donors (Lipinski definition) is 1. The smallest absolute Gasteiger partial charge is 0.0472 e. The first kappa shape index (κ1) is 16.6. The molecule has 0 radical (unpaired) electrons. The minimum Gasteiger partial charge on any atom is -0.381 e. The summed E-state index contributed by atoms with van der Waals surface area (Å²) < 4.78 is 6.06. The minimum absolute atomic E-state index is 0.438. The first-order chi connectivity index (χ1) is 9.55. The van der Waals surface area contributed by atoms with Gasteiger partial charge in [-0.05, 0) is 37.8 Å². The van der Waals surface area contributed by atoms with E-state index in [1.807, 2.05) is 0 Å². The SMILES string of the molecule is CCNCC1(CN2CCSC(C)(C)CC2)CCOCC1. The normalized spacial score (nSPS) is 27.1. The van der Waals surface area contributed by atoms with Crippen LogP contribution in [0.5, 0.6) is 0 Å². The number of rotatable bonds is 5. The Morgan fingerprint density at radius 3 is 2.60 bits per heavy atom. The first-order valence-electron chi connectivity index (χ1n) is 8.20. The quantitative estimate of drug-likeness (QED) is 0.843. The molecule has 0 aromatic rings. The van der Waals surface area contributed by atoms with E-state index in [1.54, 1.807) is 0 Å². The molecule has 20 heavy (non-hydrogen) atoms. The highest BCUT2D eigenvalue weighted by molar-refractivity contribution is 8.00. The molecule has 0 spiro atoms. The highest BCUT2D eigenvalue weighted by Gasteiger charge is 2.35. The van der Waals surface area contributed by atoms with Crippen LogP contribution in [0.25, 0.3) is 0 Å². The summed E-state index contributed by atoms with van der Waals surface area (Å²) in [5.74, 6) is 1.28. The maximum absolute atomic E-state index is 5.60. The molecule has 118 valence electrons. The summed E-state index contributed by atoms with van der Waals surface area (Å²) in [4.78, 5) is 2.71. The Hall–Kier alpha value is 0.230. The zero-order valence-corrected chi connectivity index (χ0v) is 14.4. The van der Waals surface area contributed by atoms with Gasteiger partial charge >= 0.3 is 0 Å². The summed E-state index contributed by atoms with van der Waals surface area (Å²) in [7, 11) is 0. The van der Waals surface area contributed by atoms with Crippen molar-refractivity contribution in [2.75, 3.05) is 51.7 Å². The van der Waals surface area contributed by atoms with E-state index >= 15 is 0 Å². The van der Waals surface area contributed by atoms with E-state index in [1.165, 1.54) is 44.6 Å². The molecule has 3 nitrogen and oxygen atoms in total. The summed E-state index contributed by atoms with van der Waals surface area (Å²) >= 11 is 2.14. The van der Waals surface area contributed by atoms with Crippen LogP contribution in [0.1, 0.15) is 40.0 Å². The van der Waals surface area contributed by atoms with E-state index in [9.17, 15) is 0 Å². The van der Waals surface area contributed by atoms with Gasteiger partial charge in [-0.15, -0.1) is 0 Å². The van der Waals surface area contributed by atoms with Gasteiger partial charge in [0.1, 0.15) is 0 Å². The second kappa shape index (κ2) is 7.48. The molecule has 0 atom stereocenters. The van der Waals surface area contributed by atoms with Gasteiger partial charge in [0.25, 0.3) is 0 Å². The van der Waals surface area contributed by atoms with Crippen molar-refractivity contribution in [1.29, 1.82) is 0 Å². The highest BCUT2D eigenvalue weighted by Crippen LogP contribution is 2.34. The molecule has 0 aliphatic carbocycles. The molecule has 2 fully saturated rings. The number of thioether (sulfide) groups is 1. The fraction of sp³-hybridized carbons (Fsp3) is 1.00. The minimum atomic E-state index is 0.438. The molecule has 2 aliphatic rings. The summed E-state index contributed by atoms with van der Waals surface area (Å²) in [5.41, 5.74) is 0.438. The topological polar surface area (TPSA) is 24.5 Å². The summed E-state index contributed by atoms with van der Waals surface area (Å²) in [6.07, 6.45) is 3.74. The molecular weight excluding hydrogens is 268 g/mol. The Morgan fingerprint density at radius 1 is 1.15 bits per heavy atom. The van der Waals surface area contributed by atoms with Gasteiger partial charge in [-0.2, -0.15) is 11.8 Å². The summed E-state index contributed by atoms with van der Waals surface area (Å²) in [6, 6.07) is 0. The third kappa shape index (κ3) is 4.90. The van der Waals surface area contributed by atoms with Crippen LogP contribution in [0, 0.1) is 5.41 Å². The third-order valence-corrected chi connectivity index (χ3v) is 6.17. The number of hydrogen-bond acceptors (Lipinski definition) is 4. The Balaban J connectivity index is 1.93. The van der Waals surface area contributed by atoms with E-state index in [0.717, 1.165) is 26.3 Å². The molecule has 4 heteroatoms. The molecule has 1 N–H and O–H groups in total. The number of ether oxygens (including phenoxy) is 1. The second-order valence-corrected chi connectivity index (χ2v) is 8.83. The monoisotopic (exact) mass is 300 g/mol. The van der Waals surface area contributed by atoms with Gasteiger partial charge in [-0.1, -0.05) is 20.8 Å². The number of nitrogens with zero attached hydrogens (tertiary/aromatic N) is 1. The lowest BCUT2D eigenvalue weighted by atomic mass is 9.79. The molecule has 0 saturated carbocycles. The van der Waals surface area contributed by atoms with Crippen molar-refractivity contribution in [3.05, 3.63) is 0 Å². The number of nitrogens with one attached hydrogen (secondary N) is 1. The van der Waals surface area contributed by atoms with Gasteiger partial charge in [0, 0.05) is 43.3 Å². The van der Waals surface area contributed by atoms with Crippen LogP contribution in [0.2, 0.25) is 0 Å². The van der Waals surface area contributed by atoms with Gasteiger partial charge in [0.2, 0.25) is 0 Å². The summed E-state index contributed by atoms with van der Waals surface area (Å²) in [6.45, 7) is 14.9. The van der Waals surface area contributed by atoms with E-state index in [0.29, 0.717) is 10.2 Å². The Kier molecular flexibility index (Phi) is 6.21. The van der Waals surface area contributed by atoms with Crippen LogP contribution in [0.3, 0.4) is 0 Å². The average molecular weight is 301 g/mol. The van der Waals surface area contributed by atoms with Crippen LogP contribution >= 0.6 is 11.8 Å². The molecule has 2 heterocycles. The standard InChI is InChI=1S/C16H32N2OS/c1-4-17-13-16(6-10-19-11-7-16)14-18-8-5-15(2,3)20-12-9-18/h17H,4-14H2,1-3H3. The Bertz CT molecular complexity index is 290. The molecule has 0 unspecified atom stereocenters. The lowest BCUT2D eigenvalue weighted by Crippen LogP contribution is -2.48. The van der Waals surface area contributed by atoms with Crippen molar-refractivity contribution in [2.24, 2.45) is 5.41 Å². The van der Waals surface area contributed by atoms with Crippen LogP contribution in [-0.4, -0.2) is 61.3 Å². The first-order valence-corrected chi connectivity index (χ1v) is 9.19. The molecule has 0 aromatic heterocycles. The largest absolute Gasteiger partial charge is 0.381 e. The molecular formula is C16H32N2OS. The van der Waals surface area contributed by atoms with E-state index in [2.05, 4.69) is 42.7 Å². The summed E-state index contributed by atoms with van der Waals surface area (Å²) in [5, 5.41) is 3.59. The molecule has 2 aliphatic heterocycles. The molecule has 0 bridgehead atoms. The van der Waals surface area contributed by atoms with E-state index in [-0.39, 0.29) is 0 Å². The maximum atomic E-state index is 5.60. The van der Waals surface area contributed by atoms with Crippen molar-refractivity contribution in [2.45, 2.75) is 44.8 Å². The van der Waals surface area contributed by atoms with Gasteiger partial charge in [0.15, 0.2) is 0 Å². The highest BCUT2D eigenvalue weighted by atomic mass is 32.2. The fourth-order valence-corrected chi connectivity index (χ4v) is 4.42. The maximum Gasteiger partial charge on any atom is 0.0472 e. The van der Waals surface area contributed by atoms with Crippen molar-refractivity contribution in [3.8, 4) is 0 Å². The van der Waals surface area contributed by atoms with Crippen LogP contribution in [0.4, 0.5) is 0 Å². The fourth-order valence-electron chi connectivity index (χ4n) is 3.28. The molecule has 2 saturated heterocycles. The van der Waals surface area contributed by atoms with Crippen LogP contribution in [0.15, 0.2) is 0 Å². The Morgan fingerprint density at radius 2 is 1.90 bits per heavy atom. The van der Waals surface area contributed by atoms with Crippen molar-refractivity contribution in [3.63, 3.8) is 0 Å². The van der Waals surface area contributed by atoms with Crippen molar-refractivity contribution >= 4 is 11.8 Å². The molecule has 0 aromatic carbocycles. The predicted octanol–water partition coefficient (Wildman–Crippen LogP) is 2.61. The van der Waals surface area contributed by atoms with Crippen molar-refractivity contribution < 1.29 is 4.74 Å². The Labute approximate surface area is 129 Å². The molecule has 0 amide bonds. The van der Waals surface area contributed by atoms with Gasteiger partial charge in [0.05, 0.1) is 0 Å². The van der Waals surface area contributed by atoms with E-state index < -0.39 is 0 Å². The molecule has 2 rings (SSSR count). The van der Waals surface area contributed by atoms with Gasteiger partial charge < -0.3 is 15.0 Å². The zero-order valence-electron chi connectivity index (χ0n) is 13.5. The van der Waals surface area contributed by atoms with E-state index in [4.69, 9.17) is 4.74 Å². The lowest BCUT2D eigenvalue weighted by molar-refractivity contribution is -0.00337. The lowest BCUT2D eigenvalue weighted by Gasteiger charge is -2.41. The average Bonchev–Trinajstić information content (AvgIpc) is 2.59. The zero-order chi connectivity index (χ0) is 14.5. The van der Waals surface area contributed by atoms with Crippen LogP contribution in [-0.2, 0) is 4.74 Å². The van der Waals surface area contributed by atoms with Crippen molar-refractivity contribution in [1.82, 2.24) is 10.2 Å². The predicted molar refractivity (Wildman–Crippen MR) is 88.6 cm³/mol. The van der Waals surface area contributed by atoms with Crippen LogP contribution < -0.4 is 5.32 Å². The van der Waals surface area contributed by atoms with Gasteiger partial charge in [-0.3, -0.25) is 0 Å². The van der Waals surface area contributed by atoms with Gasteiger partial charge in [-0.25, -0.2) is 0 Å². The third-order valence-electron chi connectivity index (χ3n) is 4.79. The second-order valence-electron chi connectivity index (χ2n) is 7.03.